The number of carbonyl (C=O) groups is 2. The zero-order valence-electron chi connectivity index (χ0n) is 9.85. The summed E-state index contributed by atoms with van der Waals surface area (Å²) in [6.45, 7) is -0.0622. The molecule has 1 fully saturated rings. The van der Waals surface area contributed by atoms with Crippen LogP contribution in [0, 0.1) is 5.41 Å². The van der Waals surface area contributed by atoms with Crippen LogP contribution in [0.5, 0.6) is 0 Å². The number of hydrogen-bond donors (Lipinski definition) is 3. The standard InChI is InChI=1S/C13H15NO4/c15-8-9-2-4-10(5-3-9)14-11(16)13(12(17)18)6-1-7-13/h2-5,15H,1,6-8H2,(H,14,16)(H,17,18). The Bertz CT molecular complexity index is 462. The number of aliphatic hydroxyl groups is 1. The lowest BCUT2D eigenvalue weighted by Crippen LogP contribution is -2.48. The van der Waals surface area contributed by atoms with Crippen LogP contribution in [0.3, 0.4) is 0 Å². The SMILES string of the molecule is O=C(O)C1(C(=O)Nc2ccc(CO)cc2)CCC1. The van der Waals surface area contributed by atoms with Crippen LogP contribution >= 0.6 is 0 Å². The molecule has 1 aromatic rings. The Morgan fingerprint density at radius 3 is 2.22 bits per heavy atom. The Morgan fingerprint density at radius 2 is 1.83 bits per heavy atom. The van der Waals surface area contributed by atoms with Crippen molar-refractivity contribution in [3.8, 4) is 0 Å². The van der Waals surface area contributed by atoms with Crippen molar-refractivity contribution >= 4 is 17.6 Å². The third-order valence-corrected chi connectivity index (χ3v) is 3.45. The summed E-state index contributed by atoms with van der Waals surface area (Å²) in [5, 5.41) is 20.6. The molecule has 1 amide bonds. The average molecular weight is 249 g/mol. The van der Waals surface area contributed by atoms with Crippen molar-refractivity contribution in [3.05, 3.63) is 29.8 Å². The number of nitrogens with one attached hydrogen (secondary N) is 1. The van der Waals surface area contributed by atoms with Crippen molar-refractivity contribution < 1.29 is 19.8 Å². The number of anilines is 1. The first-order chi connectivity index (χ1) is 8.58. The molecule has 0 radical (unpaired) electrons. The zero-order valence-corrected chi connectivity index (χ0v) is 9.85. The topological polar surface area (TPSA) is 86.6 Å². The quantitative estimate of drug-likeness (QED) is 0.703. The first-order valence-electron chi connectivity index (χ1n) is 5.83. The second-order valence-corrected chi connectivity index (χ2v) is 4.55. The molecule has 0 bridgehead atoms. The van der Waals surface area contributed by atoms with E-state index in [0.717, 1.165) is 12.0 Å². The molecule has 0 spiro atoms. The minimum Gasteiger partial charge on any atom is -0.480 e. The van der Waals surface area contributed by atoms with E-state index in [4.69, 9.17) is 10.2 Å². The van der Waals surface area contributed by atoms with Gasteiger partial charge in [0.05, 0.1) is 6.61 Å². The van der Waals surface area contributed by atoms with Crippen molar-refractivity contribution in [2.45, 2.75) is 25.9 Å². The van der Waals surface area contributed by atoms with E-state index in [9.17, 15) is 9.59 Å². The number of rotatable bonds is 4. The molecular weight excluding hydrogens is 234 g/mol. The monoisotopic (exact) mass is 249 g/mol. The lowest BCUT2D eigenvalue weighted by Gasteiger charge is -2.35. The van der Waals surface area contributed by atoms with Gasteiger partial charge >= 0.3 is 5.97 Å². The number of benzene rings is 1. The summed E-state index contributed by atoms with van der Waals surface area (Å²) in [7, 11) is 0. The van der Waals surface area contributed by atoms with Gasteiger partial charge < -0.3 is 15.5 Å². The Hall–Kier alpha value is -1.88. The number of carbonyl (C=O) groups excluding carboxylic acids is 1. The Morgan fingerprint density at radius 1 is 1.22 bits per heavy atom. The van der Waals surface area contributed by atoms with Gasteiger partial charge in [0.15, 0.2) is 0 Å². The summed E-state index contributed by atoms with van der Waals surface area (Å²) in [5.74, 6) is -1.52. The van der Waals surface area contributed by atoms with Crippen LogP contribution in [0.1, 0.15) is 24.8 Å². The second-order valence-electron chi connectivity index (χ2n) is 4.55. The molecule has 0 unspecified atom stereocenters. The van der Waals surface area contributed by atoms with Crippen LogP contribution in [0.25, 0.3) is 0 Å². The van der Waals surface area contributed by atoms with Crippen molar-refractivity contribution in [1.29, 1.82) is 0 Å². The number of carboxylic acids is 1. The van der Waals surface area contributed by atoms with Gasteiger partial charge in [-0.15, -0.1) is 0 Å². The predicted octanol–water partition coefficient (Wildman–Crippen LogP) is 1.37. The highest BCUT2D eigenvalue weighted by molar-refractivity contribution is 6.09. The number of aliphatic carboxylic acids is 1. The van der Waals surface area contributed by atoms with E-state index in [1.807, 2.05) is 0 Å². The summed E-state index contributed by atoms with van der Waals surface area (Å²) >= 11 is 0. The van der Waals surface area contributed by atoms with E-state index in [1.165, 1.54) is 0 Å². The highest BCUT2D eigenvalue weighted by Crippen LogP contribution is 2.42. The van der Waals surface area contributed by atoms with Crippen LogP contribution in [0.2, 0.25) is 0 Å². The summed E-state index contributed by atoms with van der Waals surface area (Å²) in [6, 6.07) is 6.67. The smallest absolute Gasteiger partial charge is 0.319 e. The summed E-state index contributed by atoms with van der Waals surface area (Å²) in [4.78, 5) is 23.1. The summed E-state index contributed by atoms with van der Waals surface area (Å²) in [5.41, 5.74) is 0.0321. The maximum absolute atomic E-state index is 12.0. The maximum atomic E-state index is 12.0. The highest BCUT2D eigenvalue weighted by Gasteiger charge is 2.51. The third-order valence-electron chi connectivity index (χ3n) is 3.45. The predicted molar refractivity (Wildman–Crippen MR) is 64.9 cm³/mol. The molecule has 0 saturated heterocycles. The van der Waals surface area contributed by atoms with Gasteiger partial charge in [0, 0.05) is 5.69 Å². The van der Waals surface area contributed by atoms with Crippen LogP contribution in [-0.4, -0.2) is 22.1 Å². The third kappa shape index (κ3) is 2.09. The molecule has 3 N–H and O–H groups in total. The van der Waals surface area contributed by atoms with E-state index < -0.39 is 17.3 Å². The van der Waals surface area contributed by atoms with Crippen molar-refractivity contribution in [2.24, 2.45) is 5.41 Å². The van der Waals surface area contributed by atoms with Crippen LogP contribution in [0.15, 0.2) is 24.3 Å². The Balaban J connectivity index is 2.08. The molecule has 18 heavy (non-hydrogen) atoms. The second kappa shape index (κ2) is 4.78. The molecule has 96 valence electrons. The number of amides is 1. The lowest BCUT2D eigenvalue weighted by molar-refractivity contribution is -0.159. The van der Waals surface area contributed by atoms with Gasteiger partial charge in [0.25, 0.3) is 0 Å². The minimum absolute atomic E-state index is 0.0622. The van der Waals surface area contributed by atoms with Crippen LogP contribution in [-0.2, 0) is 16.2 Å². The normalized spacial score (nSPS) is 16.7. The van der Waals surface area contributed by atoms with Gasteiger partial charge in [-0.3, -0.25) is 9.59 Å². The molecule has 5 nitrogen and oxygen atoms in total. The largest absolute Gasteiger partial charge is 0.480 e. The molecule has 0 atom stereocenters. The van der Waals surface area contributed by atoms with E-state index in [-0.39, 0.29) is 6.61 Å². The van der Waals surface area contributed by atoms with Gasteiger partial charge in [0.1, 0.15) is 5.41 Å². The number of aliphatic hydroxyl groups excluding tert-OH is 1. The van der Waals surface area contributed by atoms with Crippen molar-refractivity contribution in [3.63, 3.8) is 0 Å². The zero-order chi connectivity index (χ0) is 13.2. The summed E-state index contributed by atoms with van der Waals surface area (Å²) in [6.07, 6.45) is 1.55. The van der Waals surface area contributed by atoms with Gasteiger partial charge in [-0.05, 0) is 30.5 Å². The van der Waals surface area contributed by atoms with E-state index in [0.29, 0.717) is 18.5 Å². The molecule has 1 saturated carbocycles. The fourth-order valence-electron chi connectivity index (χ4n) is 2.01. The fraction of sp³-hybridized carbons (Fsp3) is 0.385. The Kier molecular flexibility index (Phi) is 3.34. The first kappa shape index (κ1) is 12.6. The molecule has 1 aliphatic carbocycles. The Labute approximate surface area is 104 Å². The van der Waals surface area contributed by atoms with E-state index >= 15 is 0 Å². The molecule has 2 rings (SSSR count). The average Bonchev–Trinajstić information content (AvgIpc) is 2.28. The molecule has 0 aromatic heterocycles. The fourth-order valence-corrected chi connectivity index (χ4v) is 2.01. The van der Waals surface area contributed by atoms with Gasteiger partial charge in [-0.2, -0.15) is 0 Å². The first-order valence-corrected chi connectivity index (χ1v) is 5.83. The minimum atomic E-state index is -1.25. The molecule has 1 aliphatic rings. The van der Waals surface area contributed by atoms with Crippen LogP contribution in [0.4, 0.5) is 5.69 Å². The maximum Gasteiger partial charge on any atom is 0.319 e. The van der Waals surface area contributed by atoms with E-state index in [2.05, 4.69) is 5.32 Å². The van der Waals surface area contributed by atoms with Gasteiger partial charge in [-0.1, -0.05) is 18.6 Å². The number of hydrogen-bond acceptors (Lipinski definition) is 3. The van der Waals surface area contributed by atoms with E-state index in [1.54, 1.807) is 24.3 Å². The highest BCUT2D eigenvalue weighted by atomic mass is 16.4. The molecule has 0 aliphatic heterocycles. The molecule has 1 aromatic carbocycles. The molecule has 0 heterocycles. The summed E-state index contributed by atoms with van der Waals surface area (Å²) < 4.78 is 0. The van der Waals surface area contributed by atoms with Crippen molar-refractivity contribution in [1.82, 2.24) is 0 Å². The van der Waals surface area contributed by atoms with Crippen LogP contribution < -0.4 is 5.32 Å². The number of carboxylic acid groups (broad SMARTS) is 1. The molecular formula is C13H15NO4. The molecule has 5 heteroatoms. The van der Waals surface area contributed by atoms with Gasteiger partial charge in [0.2, 0.25) is 5.91 Å². The van der Waals surface area contributed by atoms with Crippen molar-refractivity contribution in [2.75, 3.05) is 5.32 Å². The lowest BCUT2D eigenvalue weighted by atomic mass is 9.68. The van der Waals surface area contributed by atoms with Gasteiger partial charge in [-0.25, -0.2) is 0 Å².